The molecule has 0 aromatic rings. The van der Waals surface area contributed by atoms with Gasteiger partial charge in [-0.3, -0.25) is 0 Å². The minimum atomic E-state index is 0.148. The molecule has 0 spiro atoms. The number of urea groups is 1. The summed E-state index contributed by atoms with van der Waals surface area (Å²) in [6.07, 6.45) is 4.58. The molecule has 19 heavy (non-hydrogen) atoms. The monoisotopic (exact) mass is 267 g/mol. The minimum Gasteiger partial charge on any atom is -0.381 e. The fraction of sp³-hybridized carbons (Fsp3) is 0.929. The van der Waals surface area contributed by atoms with E-state index < -0.39 is 0 Å². The first-order chi connectivity index (χ1) is 9.33. The van der Waals surface area contributed by atoms with E-state index in [9.17, 15) is 4.79 Å². The second kappa shape index (κ2) is 6.09. The van der Waals surface area contributed by atoms with Crippen molar-refractivity contribution >= 4 is 6.03 Å². The molecule has 3 aliphatic heterocycles. The third-order valence-corrected chi connectivity index (χ3v) is 4.79. The number of hydrogen-bond donors (Lipinski definition) is 2. The van der Waals surface area contributed by atoms with Gasteiger partial charge in [-0.05, 0) is 50.6 Å². The van der Waals surface area contributed by atoms with E-state index >= 15 is 0 Å². The minimum absolute atomic E-state index is 0.148. The summed E-state index contributed by atoms with van der Waals surface area (Å²) in [6, 6.07) is 0.494. The van der Waals surface area contributed by atoms with Gasteiger partial charge in [-0.2, -0.15) is 0 Å². The summed E-state index contributed by atoms with van der Waals surface area (Å²) in [5.41, 5.74) is 0. The molecule has 2 amide bonds. The van der Waals surface area contributed by atoms with E-state index in [1.54, 1.807) is 0 Å². The van der Waals surface area contributed by atoms with Crippen LogP contribution in [0.3, 0.4) is 0 Å². The Balaban J connectivity index is 1.51. The fourth-order valence-corrected chi connectivity index (χ4v) is 3.53. The molecule has 108 valence electrons. The van der Waals surface area contributed by atoms with Gasteiger partial charge in [0.1, 0.15) is 0 Å². The Labute approximate surface area is 115 Å². The van der Waals surface area contributed by atoms with Crippen LogP contribution in [-0.2, 0) is 4.74 Å². The van der Waals surface area contributed by atoms with E-state index in [0.717, 1.165) is 52.2 Å². The second-order valence-electron chi connectivity index (χ2n) is 6.10. The standard InChI is InChI=1S/C14H25N3O2/c18-14-16-13(12-3-7-19-8-4-12)10-17(14)9-11-1-5-15-6-2-11/h11-13,15H,1-10H2,(H,16,18). The number of ether oxygens (including phenoxy) is 1. The van der Waals surface area contributed by atoms with Gasteiger partial charge >= 0.3 is 6.03 Å². The Morgan fingerprint density at radius 1 is 1.16 bits per heavy atom. The highest BCUT2D eigenvalue weighted by Gasteiger charge is 2.35. The molecule has 3 aliphatic rings. The maximum absolute atomic E-state index is 12.1. The van der Waals surface area contributed by atoms with Crippen molar-refractivity contribution in [2.24, 2.45) is 11.8 Å². The number of piperidine rings is 1. The smallest absolute Gasteiger partial charge is 0.317 e. The lowest BCUT2D eigenvalue weighted by Gasteiger charge is -2.28. The van der Waals surface area contributed by atoms with Gasteiger partial charge in [0.2, 0.25) is 0 Å². The molecule has 1 unspecified atom stereocenters. The Morgan fingerprint density at radius 3 is 2.63 bits per heavy atom. The number of nitrogens with one attached hydrogen (secondary N) is 2. The van der Waals surface area contributed by atoms with Crippen molar-refractivity contribution in [1.82, 2.24) is 15.5 Å². The molecule has 3 fully saturated rings. The van der Waals surface area contributed by atoms with E-state index in [1.807, 2.05) is 4.90 Å². The van der Waals surface area contributed by atoms with Crippen molar-refractivity contribution in [3.8, 4) is 0 Å². The first-order valence-corrected chi connectivity index (χ1v) is 7.67. The third kappa shape index (κ3) is 3.20. The number of carbonyl (C=O) groups is 1. The maximum Gasteiger partial charge on any atom is 0.317 e. The van der Waals surface area contributed by atoms with Crippen molar-refractivity contribution in [1.29, 1.82) is 0 Å². The van der Waals surface area contributed by atoms with Crippen LogP contribution in [0.4, 0.5) is 4.79 Å². The van der Waals surface area contributed by atoms with Crippen LogP contribution >= 0.6 is 0 Å². The van der Waals surface area contributed by atoms with E-state index in [2.05, 4.69) is 10.6 Å². The van der Waals surface area contributed by atoms with Crippen LogP contribution in [0.5, 0.6) is 0 Å². The maximum atomic E-state index is 12.1. The average molecular weight is 267 g/mol. The summed E-state index contributed by atoms with van der Waals surface area (Å²) >= 11 is 0. The number of hydrogen-bond acceptors (Lipinski definition) is 3. The summed E-state index contributed by atoms with van der Waals surface area (Å²) in [4.78, 5) is 14.1. The fourth-order valence-electron chi connectivity index (χ4n) is 3.53. The van der Waals surface area contributed by atoms with Gasteiger partial charge in [-0.25, -0.2) is 4.79 Å². The van der Waals surface area contributed by atoms with Crippen LogP contribution in [0.15, 0.2) is 0 Å². The predicted molar refractivity (Wildman–Crippen MR) is 73.0 cm³/mol. The van der Waals surface area contributed by atoms with Gasteiger partial charge in [0, 0.05) is 26.3 Å². The zero-order chi connectivity index (χ0) is 13.1. The van der Waals surface area contributed by atoms with Crippen molar-refractivity contribution in [2.75, 3.05) is 39.4 Å². The molecule has 0 aromatic heterocycles. The van der Waals surface area contributed by atoms with E-state index in [1.165, 1.54) is 12.8 Å². The van der Waals surface area contributed by atoms with E-state index in [-0.39, 0.29) is 6.03 Å². The van der Waals surface area contributed by atoms with Crippen molar-refractivity contribution in [3.05, 3.63) is 0 Å². The highest BCUT2D eigenvalue weighted by Crippen LogP contribution is 2.24. The summed E-state index contributed by atoms with van der Waals surface area (Å²) < 4.78 is 5.40. The number of rotatable bonds is 3. The second-order valence-corrected chi connectivity index (χ2v) is 6.10. The SMILES string of the molecule is O=C1NC(C2CCOCC2)CN1CC1CCNCC1. The number of nitrogens with zero attached hydrogens (tertiary/aromatic N) is 1. The molecule has 3 rings (SSSR count). The normalized spacial score (nSPS) is 30.6. The summed E-state index contributed by atoms with van der Waals surface area (Å²) in [6.45, 7) is 5.74. The summed E-state index contributed by atoms with van der Waals surface area (Å²) in [5, 5.41) is 6.56. The highest BCUT2D eigenvalue weighted by atomic mass is 16.5. The molecule has 0 saturated carbocycles. The Morgan fingerprint density at radius 2 is 1.89 bits per heavy atom. The topological polar surface area (TPSA) is 53.6 Å². The van der Waals surface area contributed by atoms with Gasteiger partial charge in [0.25, 0.3) is 0 Å². The van der Waals surface area contributed by atoms with Crippen LogP contribution in [0.1, 0.15) is 25.7 Å². The van der Waals surface area contributed by atoms with Crippen LogP contribution in [0.25, 0.3) is 0 Å². The number of amides is 2. The Bertz CT molecular complexity index is 312. The molecule has 0 radical (unpaired) electrons. The van der Waals surface area contributed by atoms with Crippen molar-refractivity contribution < 1.29 is 9.53 Å². The van der Waals surface area contributed by atoms with Crippen LogP contribution < -0.4 is 10.6 Å². The molecule has 3 saturated heterocycles. The molecule has 0 aliphatic carbocycles. The van der Waals surface area contributed by atoms with Gasteiger partial charge in [-0.15, -0.1) is 0 Å². The van der Waals surface area contributed by atoms with Gasteiger partial charge in [0.15, 0.2) is 0 Å². The van der Waals surface area contributed by atoms with Gasteiger partial charge < -0.3 is 20.3 Å². The lowest BCUT2D eigenvalue weighted by Crippen LogP contribution is -2.37. The first-order valence-electron chi connectivity index (χ1n) is 7.67. The molecular formula is C14H25N3O2. The zero-order valence-corrected chi connectivity index (χ0v) is 11.6. The van der Waals surface area contributed by atoms with Gasteiger partial charge in [0.05, 0.1) is 6.04 Å². The number of carbonyl (C=O) groups excluding carboxylic acids is 1. The molecule has 2 N–H and O–H groups in total. The molecule has 1 atom stereocenters. The zero-order valence-electron chi connectivity index (χ0n) is 11.6. The van der Waals surface area contributed by atoms with Crippen LogP contribution in [0.2, 0.25) is 0 Å². The molecule has 0 aromatic carbocycles. The van der Waals surface area contributed by atoms with Crippen molar-refractivity contribution in [3.63, 3.8) is 0 Å². The average Bonchev–Trinajstić information content (AvgIpc) is 2.82. The van der Waals surface area contributed by atoms with E-state index in [0.29, 0.717) is 17.9 Å². The Kier molecular flexibility index (Phi) is 4.23. The Hall–Kier alpha value is -0.810. The summed E-state index contributed by atoms with van der Waals surface area (Å²) in [5.74, 6) is 1.29. The first kappa shape index (κ1) is 13.2. The third-order valence-electron chi connectivity index (χ3n) is 4.79. The lowest BCUT2D eigenvalue weighted by atomic mass is 9.92. The van der Waals surface area contributed by atoms with Crippen LogP contribution in [-0.4, -0.2) is 56.4 Å². The predicted octanol–water partition coefficient (Wildman–Crippen LogP) is 0.806. The highest BCUT2D eigenvalue weighted by molar-refractivity contribution is 5.77. The molecule has 5 nitrogen and oxygen atoms in total. The summed E-state index contributed by atoms with van der Waals surface area (Å²) in [7, 11) is 0. The molecule has 5 heteroatoms. The largest absolute Gasteiger partial charge is 0.381 e. The molecule has 0 bridgehead atoms. The molecule has 3 heterocycles. The quantitative estimate of drug-likeness (QED) is 0.795. The van der Waals surface area contributed by atoms with Crippen molar-refractivity contribution in [2.45, 2.75) is 31.7 Å². The van der Waals surface area contributed by atoms with E-state index in [4.69, 9.17) is 4.74 Å². The van der Waals surface area contributed by atoms with Gasteiger partial charge in [-0.1, -0.05) is 0 Å². The van der Waals surface area contributed by atoms with Crippen LogP contribution in [0, 0.1) is 11.8 Å². The lowest BCUT2D eigenvalue weighted by molar-refractivity contribution is 0.0564. The molecular weight excluding hydrogens is 242 g/mol.